The average Bonchev–Trinajstić information content (AvgIpc) is 2.82. The Labute approximate surface area is 207 Å². The number of aryl methyl sites for hydroxylation is 1. The number of fused-ring (bicyclic) bond motifs is 1. The molecular formula is C26H24F3NO5S. The summed E-state index contributed by atoms with van der Waals surface area (Å²) in [5.74, 6) is -0.850. The van der Waals surface area contributed by atoms with Gasteiger partial charge < -0.3 is 9.84 Å². The van der Waals surface area contributed by atoms with Crippen LogP contribution in [0.1, 0.15) is 35.2 Å². The van der Waals surface area contributed by atoms with Crippen LogP contribution in [0.25, 0.3) is 11.1 Å². The van der Waals surface area contributed by atoms with Gasteiger partial charge in [0.05, 0.1) is 10.5 Å². The maximum Gasteiger partial charge on any atom is 0.416 e. The summed E-state index contributed by atoms with van der Waals surface area (Å²) >= 11 is 0. The van der Waals surface area contributed by atoms with Crippen LogP contribution in [-0.2, 0) is 27.4 Å². The van der Waals surface area contributed by atoms with Gasteiger partial charge >= 0.3 is 12.1 Å². The Morgan fingerprint density at radius 3 is 2.33 bits per heavy atom. The van der Waals surface area contributed by atoms with Crippen LogP contribution in [0.4, 0.5) is 13.2 Å². The van der Waals surface area contributed by atoms with Gasteiger partial charge in [-0.05, 0) is 84.5 Å². The standard InChI is InChI=1S/C26H24F3NO5S/c1-16-13-22(9-10-24(16)35-15-25(31)32)36(33,34)30-12-11-19-3-4-20(14-23(19)17(30)2)18-5-7-21(8-6-18)26(27,28)29/h3-10,13-14,17H,11-12,15H2,1-2H3,(H,31,32). The highest BCUT2D eigenvalue weighted by Crippen LogP contribution is 2.37. The smallest absolute Gasteiger partial charge is 0.416 e. The lowest BCUT2D eigenvalue weighted by atomic mass is 9.91. The van der Waals surface area contributed by atoms with Crippen molar-refractivity contribution in [3.05, 3.63) is 82.9 Å². The highest BCUT2D eigenvalue weighted by Gasteiger charge is 2.34. The molecule has 1 unspecified atom stereocenters. The zero-order valence-corrected chi connectivity index (χ0v) is 20.4. The van der Waals surface area contributed by atoms with Crippen LogP contribution in [0, 0.1) is 6.92 Å². The van der Waals surface area contributed by atoms with E-state index in [1.165, 1.54) is 34.6 Å². The summed E-state index contributed by atoms with van der Waals surface area (Å²) < 4.78 is 72.4. The predicted molar refractivity (Wildman–Crippen MR) is 127 cm³/mol. The van der Waals surface area contributed by atoms with Gasteiger partial charge in [0.15, 0.2) is 6.61 Å². The molecule has 1 aliphatic heterocycles. The molecule has 36 heavy (non-hydrogen) atoms. The first-order valence-electron chi connectivity index (χ1n) is 11.2. The van der Waals surface area contributed by atoms with Gasteiger partial charge in [0.25, 0.3) is 0 Å². The van der Waals surface area contributed by atoms with Crippen molar-refractivity contribution < 1.29 is 36.2 Å². The van der Waals surface area contributed by atoms with Gasteiger partial charge in [-0.15, -0.1) is 0 Å². The van der Waals surface area contributed by atoms with Crippen molar-refractivity contribution in [1.82, 2.24) is 4.31 Å². The average molecular weight is 520 g/mol. The molecule has 1 heterocycles. The monoisotopic (exact) mass is 519 g/mol. The van der Waals surface area contributed by atoms with Crippen molar-refractivity contribution in [2.24, 2.45) is 0 Å². The highest BCUT2D eigenvalue weighted by molar-refractivity contribution is 7.89. The lowest BCUT2D eigenvalue weighted by Crippen LogP contribution is -2.38. The topological polar surface area (TPSA) is 83.9 Å². The van der Waals surface area contributed by atoms with Crippen LogP contribution in [0.3, 0.4) is 0 Å². The minimum atomic E-state index is -4.42. The number of ether oxygens (including phenoxy) is 1. The van der Waals surface area contributed by atoms with Gasteiger partial charge in [-0.1, -0.05) is 24.3 Å². The van der Waals surface area contributed by atoms with E-state index in [-0.39, 0.29) is 17.2 Å². The van der Waals surface area contributed by atoms with E-state index in [1.807, 2.05) is 18.2 Å². The number of alkyl halides is 3. The fraction of sp³-hybridized carbons (Fsp3) is 0.269. The third kappa shape index (κ3) is 5.10. The second kappa shape index (κ2) is 9.59. The Balaban J connectivity index is 1.62. The van der Waals surface area contributed by atoms with Gasteiger partial charge in [-0.2, -0.15) is 17.5 Å². The molecule has 0 aromatic heterocycles. The van der Waals surface area contributed by atoms with Gasteiger partial charge in [0.1, 0.15) is 5.75 Å². The number of carbonyl (C=O) groups is 1. The maximum atomic E-state index is 13.5. The van der Waals surface area contributed by atoms with E-state index in [9.17, 15) is 26.4 Å². The second-order valence-corrected chi connectivity index (χ2v) is 10.5. The zero-order chi connectivity index (χ0) is 26.3. The quantitative estimate of drug-likeness (QED) is 0.468. The molecule has 6 nitrogen and oxygen atoms in total. The number of sulfonamides is 1. The maximum absolute atomic E-state index is 13.5. The van der Waals surface area contributed by atoms with Gasteiger partial charge in [-0.25, -0.2) is 13.2 Å². The molecule has 1 aliphatic rings. The molecule has 1 atom stereocenters. The van der Waals surface area contributed by atoms with Gasteiger partial charge in [0, 0.05) is 12.6 Å². The number of hydrogen-bond donors (Lipinski definition) is 1. The molecule has 0 saturated heterocycles. The first-order valence-corrected chi connectivity index (χ1v) is 12.6. The van der Waals surface area contributed by atoms with Crippen molar-refractivity contribution in [1.29, 1.82) is 0 Å². The Morgan fingerprint density at radius 2 is 1.72 bits per heavy atom. The van der Waals surface area contributed by atoms with Crippen LogP contribution >= 0.6 is 0 Å². The van der Waals surface area contributed by atoms with Crippen LogP contribution in [0.15, 0.2) is 65.6 Å². The number of rotatable bonds is 6. The Hall–Kier alpha value is -3.37. The van der Waals surface area contributed by atoms with E-state index >= 15 is 0 Å². The first kappa shape index (κ1) is 25.7. The Kier molecular flexibility index (Phi) is 6.85. The number of benzene rings is 3. The molecule has 3 aromatic carbocycles. The summed E-state index contributed by atoms with van der Waals surface area (Å²) in [5.41, 5.74) is 2.84. The number of aliphatic carboxylic acids is 1. The molecule has 0 fully saturated rings. The third-order valence-corrected chi connectivity index (χ3v) is 8.25. The van der Waals surface area contributed by atoms with E-state index in [0.29, 0.717) is 23.1 Å². The molecule has 0 spiro atoms. The molecule has 1 N–H and O–H groups in total. The normalized spacial score (nSPS) is 16.4. The number of carboxylic acids is 1. The molecule has 190 valence electrons. The van der Waals surface area contributed by atoms with Crippen molar-refractivity contribution in [2.75, 3.05) is 13.2 Å². The van der Waals surface area contributed by atoms with E-state index in [0.717, 1.165) is 23.3 Å². The van der Waals surface area contributed by atoms with Crippen molar-refractivity contribution >= 4 is 16.0 Å². The molecule has 10 heteroatoms. The van der Waals surface area contributed by atoms with E-state index in [2.05, 4.69) is 0 Å². The summed E-state index contributed by atoms with van der Waals surface area (Å²) in [6, 6.07) is 14.2. The van der Waals surface area contributed by atoms with Crippen molar-refractivity contribution in [2.45, 2.75) is 37.4 Å². The van der Waals surface area contributed by atoms with Crippen LogP contribution in [0.5, 0.6) is 5.75 Å². The molecule has 0 saturated carbocycles. The summed E-state index contributed by atoms with van der Waals surface area (Å²) in [4.78, 5) is 10.8. The molecule has 0 aliphatic carbocycles. The molecule has 0 amide bonds. The van der Waals surface area contributed by atoms with E-state index in [1.54, 1.807) is 13.8 Å². The summed E-state index contributed by atoms with van der Waals surface area (Å²) in [7, 11) is -3.89. The molecule has 0 radical (unpaired) electrons. The highest BCUT2D eigenvalue weighted by atomic mass is 32.2. The second-order valence-electron chi connectivity index (χ2n) is 8.64. The third-order valence-electron chi connectivity index (χ3n) is 6.28. The Morgan fingerprint density at radius 1 is 1.06 bits per heavy atom. The van der Waals surface area contributed by atoms with Crippen molar-refractivity contribution in [3.8, 4) is 16.9 Å². The minimum absolute atomic E-state index is 0.0665. The van der Waals surface area contributed by atoms with E-state index < -0.39 is 40.4 Å². The van der Waals surface area contributed by atoms with Crippen LogP contribution < -0.4 is 4.74 Å². The van der Waals surface area contributed by atoms with Crippen LogP contribution in [0.2, 0.25) is 0 Å². The molecule has 3 aromatic rings. The number of carboxylic acid groups (broad SMARTS) is 1. The van der Waals surface area contributed by atoms with Crippen LogP contribution in [-0.4, -0.2) is 37.0 Å². The first-order chi connectivity index (χ1) is 16.9. The van der Waals surface area contributed by atoms with Crippen molar-refractivity contribution in [3.63, 3.8) is 0 Å². The minimum Gasteiger partial charge on any atom is -0.482 e. The fourth-order valence-corrected chi connectivity index (χ4v) is 6.07. The Bertz CT molecular complexity index is 1400. The zero-order valence-electron chi connectivity index (χ0n) is 19.5. The lowest BCUT2D eigenvalue weighted by molar-refractivity contribution is -0.139. The number of nitrogens with zero attached hydrogens (tertiary/aromatic N) is 1. The molecule has 0 bridgehead atoms. The van der Waals surface area contributed by atoms with E-state index in [4.69, 9.17) is 9.84 Å². The summed E-state index contributed by atoms with van der Waals surface area (Å²) in [6.45, 7) is 3.16. The summed E-state index contributed by atoms with van der Waals surface area (Å²) in [5, 5.41) is 8.79. The predicted octanol–water partition coefficient (Wildman–Crippen LogP) is 5.45. The number of hydrogen-bond acceptors (Lipinski definition) is 4. The van der Waals surface area contributed by atoms with Gasteiger partial charge in [-0.3, -0.25) is 0 Å². The fourth-order valence-electron chi connectivity index (χ4n) is 4.37. The largest absolute Gasteiger partial charge is 0.482 e. The SMILES string of the molecule is Cc1cc(S(=O)(=O)N2CCc3ccc(-c4ccc(C(F)(F)F)cc4)cc3C2C)ccc1OCC(=O)O. The molecular weight excluding hydrogens is 495 g/mol. The van der Waals surface area contributed by atoms with Gasteiger partial charge in [0.2, 0.25) is 10.0 Å². The molecule has 4 rings (SSSR count). The number of halogens is 3. The summed E-state index contributed by atoms with van der Waals surface area (Å²) in [6.07, 6.45) is -3.93. The lowest BCUT2D eigenvalue weighted by Gasteiger charge is -2.34.